The van der Waals surface area contributed by atoms with Gasteiger partial charge in [-0.2, -0.15) is 5.10 Å². The maximum atomic E-state index is 11.0. The van der Waals surface area contributed by atoms with Crippen LogP contribution in [0, 0.1) is 0 Å². The quantitative estimate of drug-likeness (QED) is 0.693. The van der Waals surface area contributed by atoms with Crippen LogP contribution in [0.5, 0.6) is 5.75 Å². The lowest BCUT2D eigenvalue weighted by atomic mass is 10.1. The summed E-state index contributed by atoms with van der Waals surface area (Å²) < 4.78 is 9.68. The number of carbonyl (C=O) groups is 1. The van der Waals surface area contributed by atoms with E-state index < -0.39 is 0 Å². The van der Waals surface area contributed by atoms with Crippen molar-refractivity contribution in [3.63, 3.8) is 0 Å². The molecule has 0 aliphatic carbocycles. The summed E-state index contributed by atoms with van der Waals surface area (Å²) in [6.07, 6.45) is 4.34. The highest BCUT2D eigenvalue weighted by molar-refractivity contribution is 5.79. The van der Waals surface area contributed by atoms with E-state index >= 15 is 0 Å². The Morgan fingerprint density at radius 3 is 2.96 bits per heavy atom. The summed E-state index contributed by atoms with van der Waals surface area (Å²) in [4.78, 5) is 20.1. The largest absolute Gasteiger partial charge is 0.491 e. The summed E-state index contributed by atoms with van der Waals surface area (Å²) in [5, 5.41) is 4.28. The molecular formula is C17H17N5O2. The lowest BCUT2D eigenvalue weighted by Gasteiger charge is -2.08. The van der Waals surface area contributed by atoms with Gasteiger partial charge in [-0.25, -0.2) is 14.6 Å². The lowest BCUT2D eigenvalue weighted by Crippen LogP contribution is -2.06. The SMILES string of the molecule is CC(C)n1ncnc1-c1cn2c(n1)-c1ccc(C=O)cc1OCC2. The third-order valence-electron chi connectivity index (χ3n) is 4.04. The molecular weight excluding hydrogens is 306 g/mol. The van der Waals surface area contributed by atoms with Gasteiger partial charge in [0.1, 0.15) is 36.5 Å². The van der Waals surface area contributed by atoms with E-state index in [1.807, 2.05) is 16.9 Å². The normalized spacial score (nSPS) is 13.1. The Hall–Kier alpha value is -2.96. The summed E-state index contributed by atoms with van der Waals surface area (Å²) in [6, 6.07) is 5.61. The van der Waals surface area contributed by atoms with Crippen LogP contribution in [0.3, 0.4) is 0 Å². The molecule has 7 heteroatoms. The lowest BCUT2D eigenvalue weighted by molar-refractivity contribution is 0.112. The average molecular weight is 323 g/mol. The molecule has 1 aliphatic rings. The van der Waals surface area contributed by atoms with E-state index in [9.17, 15) is 4.79 Å². The zero-order valence-electron chi connectivity index (χ0n) is 13.5. The van der Waals surface area contributed by atoms with Gasteiger partial charge in [-0.1, -0.05) is 6.07 Å². The summed E-state index contributed by atoms with van der Waals surface area (Å²) in [7, 11) is 0. The Bertz CT molecular complexity index is 910. The van der Waals surface area contributed by atoms with Crippen molar-refractivity contribution in [2.75, 3.05) is 6.61 Å². The summed E-state index contributed by atoms with van der Waals surface area (Å²) in [6.45, 7) is 5.32. The molecule has 0 spiro atoms. The van der Waals surface area contributed by atoms with Crippen molar-refractivity contribution >= 4 is 6.29 Å². The van der Waals surface area contributed by atoms with Gasteiger partial charge in [0.2, 0.25) is 0 Å². The van der Waals surface area contributed by atoms with E-state index in [0.29, 0.717) is 24.5 Å². The molecule has 0 radical (unpaired) electrons. The zero-order valence-corrected chi connectivity index (χ0v) is 13.5. The molecule has 0 fully saturated rings. The molecule has 3 aromatic rings. The maximum absolute atomic E-state index is 11.0. The van der Waals surface area contributed by atoms with Gasteiger partial charge >= 0.3 is 0 Å². The molecule has 0 N–H and O–H groups in total. The van der Waals surface area contributed by atoms with Gasteiger partial charge in [0.25, 0.3) is 0 Å². The van der Waals surface area contributed by atoms with Crippen LogP contribution in [0.25, 0.3) is 22.9 Å². The predicted octanol–water partition coefficient (Wildman–Crippen LogP) is 2.59. The van der Waals surface area contributed by atoms with Gasteiger partial charge in [0.15, 0.2) is 5.82 Å². The van der Waals surface area contributed by atoms with Gasteiger partial charge in [-0.05, 0) is 26.0 Å². The summed E-state index contributed by atoms with van der Waals surface area (Å²) in [5.74, 6) is 2.24. The maximum Gasteiger partial charge on any atom is 0.178 e. The summed E-state index contributed by atoms with van der Waals surface area (Å²) in [5.41, 5.74) is 2.25. The van der Waals surface area contributed by atoms with E-state index in [4.69, 9.17) is 9.72 Å². The van der Waals surface area contributed by atoms with Gasteiger partial charge in [0, 0.05) is 17.8 Å². The number of hydrogen-bond acceptors (Lipinski definition) is 5. The number of carbonyl (C=O) groups excluding carboxylic acids is 1. The molecule has 0 amide bonds. The minimum atomic E-state index is 0.203. The van der Waals surface area contributed by atoms with Gasteiger partial charge < -0.3 is 9.30 Å². The monoisotopic (exact) mass is 323 g/mol. The molecule has 122 valence electrons. The first-order valence-electron chi connectivity index (χ1n) is 7.87. The van der Waals surface area contributed by atoms with Gasteiger partial charge in [-0.15, -0.1) is 0 Å². The van der Waals surface area contributed by atoms with Crippen LogP contribution in [0.4, 0.5) is 0 Å². The van der Waals surface area contributed by atoms with Crippen molar-refractivity contribution in [1.82, 2.24) is 24.3 Å². The van der Waals surface area contributed by atoms with E-state index in [0.717, 1.165) is 29.2 Å². The Morgan fingerprint density at radius 2 is 2.17 bits per heavy atom. The third-order valence-corrected chi connectivity index (χ3v) is 4.04. The molecule has 0 unspecified atom stereocenters. The Balaban J connectivity index is 1.85. The highest BCUT2D eigenvalue weighted by atomic mass is 16.5. The molecule has 1 aromatic carbocycles. The molecule has 24 heavy (non-hydrogen) atoms. The summed E-state index contributed by atoms with van der Waals surface area (Å²) >= 11 is 0. The minimum absolute atomic E-state index is 0.203. The second kappa shape index (κ2) is 5.59. The van der Waals surface area contributed by atoms with Crippen molar-refractivity contribution in [2.45, 2.75) is 26.4 Å². The van der Waals surface area contributed by atoms with Crippen LogP contribution in [0.2, 0.25) is 0 Å². The molecule has 2 aromatic heterocycles. The Morgan fingerprint density at radius 1 is 1.29 bits per heavy atom. The van der Waals surface area contributed by atoms with Crippen molar-refractivity contribution in [2.24, 2.45) is 0 Å². The molecule has 0 atom stereocenters. The second-order valence-electron chi connectivity index (χ2n) is 5.99. The number of aldehydes is 1. The van der Waals surface area contributed by atoms with Crippen LogP contribution in [0.15, 0.2) is 30.7 Å². The fourth-order valence-electron chi connectivity index (χ4n) is 2.89. The van der Waals surface area contributed by atoms with Crippen molar-refractivity contribution in [1.29, 1.82) is 0 Å². The highest BCUT2D eigenvalue weighted by Crippen LogP contribution is 2.34. The molecule has 0 bridgehead atoms. The average Bonchev–Trinajstić information content (AvgIpc) is 3.18. The van der Waals surface area contributed by atoms with Crippen molar-refractivity contribution < 1.29 is 9.53 Å². The van der Waals surface area contributed by atoms with E-state index in [1.54, 1.807) is 18.5 Å². The van der Waals surface area contributed by atoms with Gasteiger partial charge in [-0.3, -0.25) is 4.79 Å². The van der Waals surface area contributed by atoms with E-state index in [2.05, 4.69) is 28.5 Å². The van der Waals surface area contributed by atoms with Crippen LogP contribution in [-0.2, 0) is 6.54 Å². The first-order chi connectivity index (χ1) is 11.7. The second-order valence-corrected chi connectivity index (χ2v) is 5.99. The number of rotatable bonds is 3. The van der Waals surface area contributed by atoms with Crippen molar-refractivity contribution in [3.8, 4) is 28.7 Å². The number of fused-ring (bicyclic) bond motifs is 3. The van der Waals surface area contributed by atoms with Crippen LogP contribution < -0.4 is 4.74 Å². The number of nitrogens with zero attached hydrogens (tertiary/aromatic N) is 5. The first-order valence-corrected chi connectivity index (χ1v) is 7.87. The highest BCUT2D eigenvalue weighted by Gasteiger charge is 2.21. The standard InChI is InChI=1S/C17H17N5O2/c1-11(2)22-17(18-10-19-22)14-8-21-5-6-24-15-7-12(9-23)3-4-13(15)16(21)20-14/h3-4,7-11H,5-6H2,1-2H3. The van der Waals surface area contributed by atoms with Crippen LogP contribution in [-0.4, -0.2) is 37.2 Å². The van der Waals surface area contributed by atoms with E-state index in [-0.39, 0.29) is 6.04 Å². The smallest absolute Gasteiger partial charge is 0.178 e. The number of ether oxygens (including phenoxy) is 1. The number of aromatic nitrogens is 5. The number of hydrogen-bond donors (Lipinski definition) is 0. The fraction of sp³-hybridized carbons (Fsp3) is 0.294. The van der Waals surface area contributed by atoms with Crippen LogP contribution >= 0.6 is 0 Å². The number of benzene rings is 1. The zero-order chi connectivity index (χ0) is 16.7. The third kappa shape index (κ3) is 2.29. The van der Waals surface area contributed by atoms with Gasteiger partial charge in [0.05, 0.1) is 12.1 Å². The van der Waals surface area contributed by atoms with E-state index in [1.165, 1.54) is 0 Å². The number of imidazole rings is 1. The minimum Gasteiger partial charge on any atom is -0.491 e. The molecule has 7 nitrogen and oxygen atoms in total. The molecule has 0 saturated heterocycles. The fourth-order valence-corrected chi connectivity index (χ4v) is 2.89. The Labute approximate surface area is 138 Å². The van der Waals surface area contributed by atoms with Crippen molar-refractivity contribution in [3.05, 3.63) is 36.3 Å². The Kier molecular flexibility index (Phi) is 3.41. The van der Waals surface area contributed by atoms with Crippen LogP contribution in [0.1, 0.15) is 30.2 Å². The topological polar surface area (TPSA) is 74.8 Å². The molecule has 4 rings (SSSR count). The molecule has 0 saturated carbocycles. The molecule has 1 aliphatic heterocycles. The first kappa shape index (κ1) is 14.6. The molecule has 3 heterocycles. The predicted molar refractivity (Wildman–Crippen MR) is 87.9 cm³/mol.